The van der Waals surface area contributed by atoms with Crippen molar-refractivity contribution in [2.24, 2.45) is 0 Å². The fraction of sp³-hybridized carbons (Fsp3) is 0. The van der Waals surface area contributed by atoms with Crippen molar-refractivity contribution in [2.45, 2.75) is 0 Å². The Labute approximate surface area is 195 Å². The Morgan fingerprint density at radius 3 is 1.25 bits per heavy atom. The van der Waals surface area contributed by atoms with E-state index < -0.39 is 6.16 Å². The molecule has 0 heterocycles. The van der Waals surface area contributed by atoms with Gasteiger partial charge in [0.15, 0.2) is 0 Å². The molecular formula is CH7ClCs2O3Pb. The summed E-state index contributed by atoms with van der Waals surface area (Å²) in [5.41, 5.74) is 0. The summed E-state index contributed by atoms with van der Waals surface area (Å²) < 4.78 is 0. The number of rotatable bonds is 0. The summed E-state index contributed by atoms with van der Waals surface area (Å²) in [4.78, 5) is 8.56. The molecule has 0 aliphatic heterocycles. The maximum absolute atomic E-state index is 8.56. The molecule has 0 unspecified atom stereocenters. The predicted octanol–water partition coefficient (Wildman–Crippen LogP) is -6.04. The maximum atomic E-state index is 8.56. The van der Waals surface area contributed by atoms with Crippen molar-refractivity contribution in [1.29, 1.82) is 0 Å². The second-order valence-corrected chi connectivity index (χ2v) is 0.283. The van der Waals surface area contributed by atoms with E-state index in [0.29, 0.717) is 0 Å². The molecule has 0 saturated carbocycles. The summed E-state index contributed by atoms with van der Waals surface area (Å²) >= 11 is 0. The molecule has 0 spiro atoms. The van der Waals surface area contributed by atoms with E-state index in [1.165, 1.54) is 0 Å². The van der Waals surface area contributed by atoms with Gasteiger partial charge < -0.3 is 13.1 Å². The van der Waals surface area contributed by atoms with Crippen LogP contribution in [0.15, 0.2) is 0 Å². The van der Waals surface area contributed by atoms with E-state index in [-0.39, 0.29) is 180 Å². The van der Waals surface area contributed by atoms with Crippen LogP contribution in [0.4, 0.5) is 4.79 Å². The number of carboxylic acid groups (broad SMARTS) is 2. The van der Waals surface area contributed by atoms with Crippen LogP contribution in [0.3, 0.4) is 0 Å². The number of carbonyl (C=O) groups is 1. The van der Waals surface area contributed by atoms with E-state index in [9.17, 15) is 0 Å². The molecule has 0 saturated heterocycles. The van der Waals surface area contributed by atoms with Crippen molar-refractivity contribution in [1.82, 2.24) is 0 Å². The van der Waals surface area contributed by atoms with E-state index in [0.717, 1.165) is 0 Å². The quantitative estimate of drug-likeness (QED) is 0.283. The molecule has 0 fully saturated rings. The Hall–Kier alpha value is 4.59. The first-order valence-corrected chi connectivity index (χ1v) is 0.651. The molecule has 0 amide bonds. The fourth-order valence-corrected chi connectivity index (χ4v) is 0. The van der Waals surface area contributed by atoms with E-state index in [1.807, 2.05) is 0 Å². The van der Waals surface area contributed by atoms with Gasteiger partial charge in [-0.15, -0.1) is 12.4 Å². The molecule has 0 aliphatic carbocycles. The van der Waals surface area contributed by atoms with Crippen LogP contribution in [-0.2, 0) is 0 Å². The van der Waals surface area contributed by atoms with Crippen molar-refractivity contribution < 1.29 is 156 Å². The molecule has 0 aliphatic rings. The third kappa shape index (κ3) is 46.3. The van der Waals surface area contributed by atoms with E-state index in [1.54, 1.807) is 0 Å². The van der Waals surface area contributed by atoms with Crippen molar-refractivity contribution in [3.05, 3.63) is 0 Å². The molecular weight excluding hydrogens is 568 g/mol. The van der Waals surface area contributed by atoms with E-state index in [4.69, 9.17) is 15.0 Å². The average Bonchev–Trinajstić information content (AvgIpc) is 0.811. The molecule has 0 aromatic heterocycles. The monoisotopic (exact) mass is 576 g/mol. The van der Waals surface area contributed by atoms with E-state index in [2.05, 4.69) is 0 Å². The van der Waals surface area contributed by atoms with Gasteiger partial charge in [0, 0.05) is 0 Å². The van der Waals surface area contributed by atoms with Gasteiger partial charge in [0.2, 0.25) is 0 Å². The van der Waals surface area contributed by atoms with Gasteiger partial charge in [0.25, 0.3) is 0 Å². The number of hydrogen-bond acceptors (Lipinski definition) is 1. The zero-order chi connectivity index (χ0) is 3.58. The Bertz CT molecular complexity index is 47.5. The molecule has 0 bridgehead atoms. The molecule has 0 aromatic rings. The molecule has 2 radical (unpaired) electrons. The molecule has 0 rings (SSSR count). The molecule has 0 atom stereocenters. The number of hydrogen-bond donors (Lipinski definition) is 2. The van der Waals surface area contributed by atoms with Gasteiger partial charge in [0.05, 0.1) is 0 Å². The van der Waals surface area contributed by atoms with Gasteiger partial charge in [0.1, 0.15) is 0 Å². The Balaban J connectivity index is -0.00000000300. The first-order valence-electron chi connectivity index (χ1n) is 0.651. The standard InChI is InChI=1S/CH2O3.ClH.2Cs.Pb.4H/c2-1(3)4;;;;;;;;/h(H2,2,3,4);1H;;;;;;;/q;;2*+1;;;;2*-1. The molecule has 3 nitrogen and oxygen atoms in total. The van der Waals surface area contributed by atoms with Crippen molar-refractivity contribution in [3.63, 3.8) is 0 Å². The summed E-state index contributed by atoms with van der Waals surface area (Å²) in [6, 6.07) is 0. The molecule has 8 heavy (non-hydrogen) atoms. The van der Waals surface area contributed by atoms with Gasteiger partial charge in [-0.2, -0.15) is 0 Å². The van der Waals surface area contributed by atoms with Gasteiger partial charge in [-0.05, 0) is 0 Å². The third-order valence-electron chi connectivity index (χ3n) is 0. The van der Waals surface area contributed by atoms with Crippen LogP contribution in [0.1, 0.15) is 2.85 Å². The SMILES string of the molecule is Cl.O=C(O)O.[Cs+].[Cs+].[H-].[H-].[PbH2]. The van der Waals surface area contributed by atoms with Gasteiger partial charge in [-0.25, -0.2) is 4.79 Å². The van der Waals surface area contributed by atoms with Gasteiger partial charge in [-0.1, -0.05) is 0 Å². The van der Waals surface area contributed by atoms with Crippen LogP contribution in [0.5, 0.6) is 0 Å². The molecule has 42 valence electrons. The van der Waals surface area contributed by atoms with Crippen LogP contribution in [0.25, 0.3) is 0 Å². The van der Waals surface area contributed by atoms with Crippen molar-refractivity contribution >= 4 is 45.9 Å². The van der Waals surface area contributed by atoms with Crippen LogP contribution in [0.2, 0.25) is 0 Å². The number of halogens is 1. The normalized spacial score (nSPS) is 3.00. The summed E-state index contributed by atoms with van der Waals surface area (Å²) in [7, 11) is 0. The average molecular weight is 576 g/mol. The minimum absolute atomic E-state index is 0. The molecule has 2 N–H and O–H groups in total. The first kappa shape index (κ1) is 29.4. The topological polar surface area (TPSA) is 57.5 Å². The summed E-state index contributed by atoms with van der Waals surface area (Å²) in [5, 5.41) is 13.9. The summed E-state index contributed by atoms with van der Waals surface area (Å²) in [5.74, 6) is 0. The van der Waals surface area contributed by atoms with Crippen molar-refractivity contribution in [2.75, 3.05) is 0 Å². The van der Waals surface area contributed by atoms with Crippen molar-refractivity contribution in [3.8, 4) is 0 Å². The zero-order valence-corrected chi connectivity index (χ0v) is 23.8. The van der Waals surface area contributed by atoms with Crippen LogP contribution < -0.4 is 138 Å². The van der Waals surface area contributed by atoms with Crippen LogP contribution >= 0.6 is 12.4 Å². The molecule has 7 heteroatoms. The summed E-state index contributed by atoms with van der Waals surface area (Å²) in [6.07, 6.45) is -1.83. The van der Waals surface area contributed by atoms with Gasteiger partial charge in [-0.3, -0.25) is 0 Å². The zero-order valence-electron chi connectivity index (χ0n) is 6.92. The Kier molecular flexibility index (Phi) is 82.8. The fourth-order valence-electron chi connectivity index (χ4n) is 0. The van der Waals surface area contributed by atoms with Crippen LogP contribution in [0, 0.1) is 0 Å². The predicted molar refractivity (Wildman–Crippen MR) is 28.7 cm³/mol. The Morgan fingerprint density at radius 1 is 1.25 bits per heavy atom. The first-order chi connectivity index (χ1) is 1.73. The molecule has 0 aromatic carbocycles. The van der Waals surface area contributed by atoms with E-state index >= 15 is 0 Å². The minimum atomic E-state index is -1.83. The van der Waals surface area contributed by atoms with Gasteiger partial charge >= 0.3 is 171 Å². The summed E-state index contributed by atoms with van der Waals surface area (Å²) in [6.45, 7) is 0. The third-order valence-corrected chi connectivity index (χ3v) is 0. The Morgan fingerprint density at radius 2 is 1.25 bits per heavy atom. The second kappa shape index (κ2) is 22.6. The van der Waals surface area contributed by atoms with Crippen LogP contribution in [-0.4, -0.2) is 43.7 Å². The second-order valence-electron chi connectivity index (χ2n) is 0.283.